The Kier molecular flexibility index (Phi) is 9.35. The van der Waals surface area contributed by atoms with E-state index >= 15 is 0 Å². The van der Waals surface area contributed by atoms with E-state index < -0.39 is 15.1 Å². The van der Waals surface area contributed by atoms with Crippen LogP contribution in [0.4, 0.5) is 28.8 Å². The third-order valence-electron chi connectivity index (χ3n) is 9.03. The van der Waals surface area contributed by atoms with Crippen LogP contribution in [-0.4, -0.2) is 79.9 Å². The lowest BCUT2D eigenvalue weighted by atomic mass is 9.99. The standard InChI is InChI=1S/C35H45N7O3S/c1-23(2)46(43,44)33-13-9-8-12-31(33)37-34-28-10-6-7-11-29(28)38-35(40-34)39-30-15-14-27(20-32(30)45-5)41-18-16-26(17-19-41)42-21-24(3)36-25(4)22-42/h6-15,20,23-26,36H,16-19,21-22H2,1-5H3,(H2,37,38,39,40). The van der Waals surface area contributed by atoms with Gasteiger partial charge in [0.05, 0.1) is 34.1 Å². The van der Waals surface area contributed by atoms with Gasteiger partial charge >= 0.3 is 0 Å². The predicted octanol–water partition coefficient (Wildman–Crippen LogP) is 5.96. The third-order valence-corrected chi connectivity index (χ3v) is 11.2. The summed E-state index contributed by atoms with van der Waals surface area (Å²) in [6, 6.07) is 22.5. The lowest BCUT2D eigenvalue weighted by Gasteiger charge is -2.44. The van der Waals surface area contributed by atoms with Crippen LogP contribution in [0.3, 0.4) is 0 Å². The molecule has 0 aliphatic carbocycles. The summed E-state index contributed by atoms with van der Waals surface area (Å²) in [4.78, 5) is 14.9. The zero-order valence-corrected chi connectivity index (χ0v) is 28.1. The van der Waals surface area contributed by atoms with Gasteiger partial charge in [0.25, 0.3) is 0 Å². The highest BCUT2D eigenvalue weighted by atomic mass is 32.2. The fraction of sp³-hybridized carbons (Fsp3) is 0.429. The Bertz CT molecular complexity index is 1780. The Balaban J connectivity index is 1.22. The van der Waals surface area contributed by atoms with E-state index in [0.717, 1.165) is 61.3 Å². The first kappa shape index (κ1) is 32.0. The molecule has 2 unspecified atom stereocenters. The second-order valence-electron chi connectivity index (χ2n) is 12.8. The van der Waals surface area contributed by atoms with Crippen LogP contribution >= 0.6 is 0 Å². The number of aromatic nitrogens is 2. The van der Waals surface area contributed by atoms with Crippen molar-refractivity contribution in [1.82, 2.24) is 20.2 Å². The molecule has 2 aliphatic heterocycles. The quantitative estimate of drug-likeness (QED) is 0.202. The molecule has 3 heterocycles. The van der Waals surface area contributed by atoms with Gasteiger partial charge in [-0.25, -0.2) is 13.4 Å². The van der Waals surface area contributed by atoms with Gasteiger partial charge in [0.15, 0.2) is 9.84 Å². The van der Waals surface area contributed by atoms with Crippen LogP contribution in [0.25, 0.3) is 10.9 Å². The molecule has 46 heavy (non-hydrogen) atoms. The van der Waals surface area contributed by atoms with Gasteiger partial charge in [0, 0.05) is 61.4 Å². The van der Waals surface area contributed by atoms with E-state index in [0.29, 0.717) is 41.3 Å². The molecular weight excluding hydrogens is 598 g/mol. The number of nitrogens with zero attached hydrogens (tertiary/aromatic N) is 4. The first-order valence-electron chi connectivity index (χ1n) is 16.2. The second-order valence-corrected chi connectivity index (χ2v) is 15.3. The van der Waals surface area contributed by atoms with Crippen LogP contribution < -0.4 is 25.6 Å². The molecule has 1 aromatic heterocycles. The second kappa shape index (κ2) is 13.4. The summed E-state index contributed by atoms with van der Waals surface area (Å²) in [5.74, 6) is 1.58. The molecule has 0 amide bonds. The molecule has 3 aromatic carbocycles. The number of ether oxygens (including phenoxy) is 1. The van der Waals surface area contributed by atoms with Gasteiger partial charge in [-0.15, -0.1) is 0 Å². The molecule has 10 nitrogen and oxygen atoms in total. The van der Waals surface area contributed by atoms with Crippen LogP contribution in [0.1, 0.15) is 40.5 Å². The maximum absolute atomic E-state index is 13.1. The largest absolute Gasteiger partial charge is 0.494 e. The number of piperazine rings is 1. The number of hydrogen-bond donors (Lipinski definition) is 3. The van der Waals surface area contributed by atoms with E-state index in [2.05, 4.69) is 51.7 Å². The van der Waals surface area contributed by atoms with Gasteiger partial charge in [-0.05, 0) is 76.9 Å². The van der Waals surface area contributed by atoms with Crippen molar-refractivity contribution in [1.29, 1.82) is 0 Å². The summed E-state index contributed by atoms with van der Waals surface area (Å²) in [6.07, 6.45) is 2.29. The maximum Gasteiger partial charge on any atom is 0.229 e. The lowest BCUT2D eigenvalue weighted by molar-refractivity contribution is 0.107. The first-order chi connectivity index (χ1) is 22.1. The van der Waals surface area contributed by atoms with Crippen LogP contribution in [0.15, 0.2) is 71.6 Å². The van der Waals surface area contributed by atoms with Crippen LogP contribution in [0.2, 0.25) is 0 Å². The Labute approximate surface area is 272 Å². The van der Waals surface area contributed by atoms with Crippen molar-refractivity contribution < 1.29 is 13.2 Å². The summed E-state index contributed by atoms with van der Waals surface area (Å²) >= 11 is 0. The van der Waals surface area contributed by atoms with E-state index in [1.807, 2.05) is 36.4 Å². The molecule has 0 radical (unpaired) electrons. The van der Waals surface area contributed by atoms with Gasteiger partial charge in [0.1, 0.15) is 11.6 Å². The molecule has 6 rings (SSSR count). The minimum Gasteiger partial charge on any atom is -0.494 e. The van der Waals surface area contributed by atoms with Crippen LogP contribution in [0, 0.1) is 0 Å². The highest BCUT2D eigenvalue weighted by molar-refractivity contribution is 7.92. The van der Waals surface area contributed by atoms with Crippen molar-refractivity contribution in [2.24, 2.45) is 0 Å². The Morgan fingerprint density at radius 1 is 0.891 bits per heavy atom. The van der Waals surface area contributed by atoms with E-state index in [4.69, 9.17) is 14.7 Å². The van der Waals surface area contributed by atoms with Gasteiger partial charge in [-0.3, -0.25) is 4.90 Å². The van der Waals surface area contributed by atoms with E-state index in [9.17, 15) is 8.42 Å². The summed E-state index contributed by atoms with van der Waals surface area (Å²) < 4.78 is 32.1. The smallest absolute Gasteiger partial charge is 0.229 e. The Hall–Kier alpha value is -3.93. The molecule has 2 aliphatic rings. The first-order valence-corrected chi connectivity index (χ1v) is 17.7. The van der Waals surface area contributed by atoms with Crippen molar-refractivity contribution in [2.45, 2.75) is 68.8 Å². The SMILES string of the molecule is COc1cc(N2CCC(N3CC(C)NC(C)C3)CC2)ccc1Nc1nc(Nc2ccccc2S(=O)(=O)C(C)C)c2ccccc2n1. The molecule has 3 N–H and O–H groups in total. The van der Waals surface area contributed by atoms with E-state index in [-0.39, 0.29) is 4.90 Å². The fourth-order valence-corrected chi connectivity index (χ4v) is 7.89. The normalized spacial score (nSPS) is 19.8. The molecule has 0 bridgehead atoms. The number of benzene rings is 3. The molecule has 2 atom stereocenters. The minimum atomic E-state index is -3.52. The van der Waals surface area contributed by atoms with Crippen molar-refractivity contribution >= 4 is 49.6 Å². The number of anilines is 5. The zero-order valence-electron chi connectivity index (χ0n) is 27.3. The summed E-state index contributed by atoms with van der Waals surface area (Å²) in [5, 5.41) is 10.5. The number of methoxy groups -OCH3 is 1. The average Bonchev–Trinajstić information content (AvgIpc) is 3.05. The maximum atomic E-state index is 13.1. The molecule has 4 aromatic rings. The third kappa shape index (κ3) is 6.77. The highest BCUT2D eigenvalue weighted by Gasteiger charge is 2.30. The molecule has 0 saturated carbocycles. The molecule has 11 heteroatoms. The zero-order chi connectivity index (χ0) is 32.4. The summed E-state index contributed by atoms with van der Waals surface area (Å²) in [5.41, 5.74) is 3.07. The molecule has 2 fully saturated rings. The average molecular weight is 644 g/mol. The van der Waals surface area contributed by atoms with Crippen LogP contribution in [0.5, 0.6) is 5.75 Å². The number of fused-ring (bicyclic) bond motifs is 1. The number of nitrogens with one attached hydrogen (secondary N) is 3. The van der Waals surface area contributed by atoms with Crippen molar-refractivity contribution in [3.8, 4) is 5.75 Å². The van der Waals surface area contributed by atoms with Crippen molar-refractivity contribution in [3.63, 3.8) is 0 Å². The lowest BCUT2D eigenvalue weighted by Crippen LogP contribution is -2.58. The molecule has 2 saturated heterocycles. The number of sulfone groups is 1. The van der Waals surface area contributed by atoms with Crippen molar-refractivity contribution in [3.05, 3.63) is 66.7 Å². The minimum absolute atomic E-state index is 0.237. The van der Waals surface area contributed by atoms with Gasteiger partial charge in [0.2, 0.25) is 5.95 Å². The Morgan fingerprint density at radius 3 is 2.30 bits per heavy atom. The number of para-hydroxylation sites is 2. The topological polar surface area (TPSA) is 112 Å². The van der Waals surface area contributed by atoms with Gasteiger partial charge < -0.3 is 25.6 Å². The van der Waals surface area contributed by atoms with E-state index in [1.54, 1.807) is 39.2 Å². The number of hydrogen-bond acceptors (Lipinski definition) is 10. The molecular formula is C35H45N7O3S. The molecule has 0 spiro atoms. The number of rotatable bonds is 9. The van der Waals surface area contributed by atoms with Crippen molar-refractivity contribution in [2.75, 3.05) is 48.8 Å². The summed E-state index contributed by atoms with van der Waals surface area (Å²) in [7, 11) is -1.85. The number of piperidine rings is 1. The predicted molar refractivity (Wildman–Crippen MR) is 187 cm³/mol. The Morgan fingerprint density at radius 2 is 1.59 bits per heavy atom. The monoisotopic (exact) mass is 643 g/mol. The molecule has 244 valence electrons. The summed E-state index contributed by atoms with van der Waals surface area (Å²) in [6.45, 7) is 12.2. The van der Waals surface area contributed by atoms with E-state index in [1.165, 1.54) is 0 Å². The van der Waals surface area contributed by atoms with Gasteiger partial charge in [-0.2, -0.15) is 4.98 Å². The highest BCUT2D eigenvalue weighted by Crippen LogP contribution is 2.35. The fourth-order valence-electron chi connectivity index (χ4n) is 6.68. The van der Waals surface area contributed by atoms with Crippen LogP contribution in [-0.2, 0) is 9.84 Å². The van der Waals surface area contributed by atoms with Gasteiger partial charge in [-0.1, -0.05) is 24.3 Å².